The fourth-order valence-electron chi connectivity index (χ4n) is 1.60. The van der Waals surface area contributed by atoms with Gasteiger partial charge in [-0.25, -0.2) is 4.79 Å². The molecule has 1 aliphatic rings. The Morgan fingerprint density at radius 2 is 2.50 bits per heavy atom. The first-order chi connectivity index (χ1) is 5.71. The molecule has 1 N–H and O–H groups in total. The molecule has 12 heavy (non-hydrogen) atoms. The molecule has 2 unspecified atom stereocenters. The van der Waals surface area contributed by atoms with Gasteiger partial charge in [0.15, 0.2) is 0 Å². The second-order valence-electron chi connectivity index (χ2n) is 3.03. The highest BCUT2D eigenvalue weighted by Crippen LogP contribution is 2.46. The van der Waals surface area contributed by atoms with Crippen molar-refractivity contribution in [3.8, 4) is 0 Å². The van der Waals surface area contributed by atoms with E-state index in [2.05, 4.69) is 10.1 Å². The zero-order valence-electron chi connectivity index (χ0n) is 7.29. The van der Waals surface area contributed by atoms with Crippen LogP contribution in [0.3, 0.4) is 0 Å². The average Bonchev–Trinajstić information content (AvgIpc) is 2.79. The number of rotatable bonds is 4. The van der Waals surface area contributed by atoms with Gasteiger partial charge in [0.2, 0.25) is 6.41 Å². The number of carbonyl (C=O) groups excluding carboxylic acids is 2. The van der Waals surface area contributed by atoms with Gasteiger partial charge >= 0.3 is 5.97 Å². The first-order valence-corrected chi connectivity index (χ1v) is 4.01. The molecule has 4 heteroatoms. The molecule has 1 aliphatic carbocycles. The third-order valence-corrected chi connectivity index (χ3v) is 2.46. The van der Waals surface area contributed by atoms with Crippen molar-refractivity contribution in [2.45, 2.75) is 25.3 Å². The van der Waals surface area contributed by atoms with E-state index in [1.807, 2.05) is 6.92 Å². The third-order valence-electron chi connectivity index (χ3n) is 2.46. The maximum atomic E-state index is 11.2. The molecule has 0 aromatic rings. The van der Waals surface area contributed by atoms with Crippen LogP contribution in [0, 0.1) is 5.92 Å². The zero-order chi connectivity index (χ0) is 9.19. The largest absolute Gasteiger partial charge is 0.467 e. The van der Waals surface area contributed by atoms with Crippen LogP contribution in [-0.4, -0.2) is 25.0 Å². The summed E-state index contributed by atoms with van der Waals surface area (Å²) < 4.78 is 4.60. The Balaban J connectivity index is 2.64. The van der Waals surface area contributed by atoms with Crippen molar-refractivity contribution < 1.29 is 14.3 Å². The van der Waals surface area contributed by atoms with Crippen molar-refractivity contribution in [3.63, 3.8) is 0 Å². The third kappa shape index (κ3) is 1.17. The molecule has 0 spiro atoms. The summed E-state index contributed by atoms with van der Waals surface area (Å²) >= 11 is 0. The first-order valence-electron chi connectivity index (χ1n) is 4.01. The molecule has 0 heterocycles. The van der Waals surface area contributed by atoms with Crippen molar-refractivity contribution in [3.05, 3.63) is 0 Å². The van der Waals surface area contributed by atoms with Crippen molar-refractivity contribution >= 4 is 12.4 Å². The summed E-state index contributed by atoms with van der Waals surface area (Å²) in [5, 5.41) is 2.53. The predicted molar refractivity (Wildman–Crippen MR) is 42.3 cm³/mol. The van der Waals surface area contributed by atoms with E-state index < -0.39 is 5.54 Å². The Kier molecular flexibility index (Phi) is 2.35. The summed E-state index contributed by atoms with van der Waals surface area (Å²) in [7, 11) is 1.33. The minimum absolute atomic E-state index is 0.246. The SMILES string of the molecule is CCC1CC1(NC=O)C(=O)OC. The van der Waals surface area contributed by atoms with Crippen LogP contribution in [-0.2, 0) is 14.3 Å². The Labute approximate surface area is 71.3 Å². The van der Waals surface area contributed by atoms with E-state index in [0.29, 0.717) is 12.8 Å². The van der Waals surface area contributed by atoms with Gasteiger partial charge in [0.05, 0.1) is 7.11 Å². The summed E-state index contributed by atoms with van der Waals surface area (Å²) in [6.45, 7) is 1.99. The van der Waals surface area contributed by atoms with Gasteiger partial charge in [-0.2, -0.15) is 0 Å². The quantitative estimate of drug-likeness (QED) is 0.481. The molecule has 0 aliphatic heterocycles. The van der Waals surface area contributed by atoms with Crippen LogP contribution in [0.15, 0.2) is 0 Å². The monoisotopic (exact) mass is 171 g/mol. The van der Waals surface area contributed by atoms with Gasteiger partial charge in [0, 0.05) is 0 Å². The molecule has 2 atom stereocenters. The molecule has 0 bridgehead atoms. The van der Waals surface area contributed by atoms with Crippen molar-refractivity contribution in [2.24, 2.45) is 5.92 Å². The fourth-order valence-corrected chi connectivity index (χ4v) is 1.60. The topological polar surface area (TPSA) is 55.4 Å². The summed E-state index contributed by atoms with van der Waals surface area (Å²) in [6.07, 6.45) is 2.15. The number of nitrogens with one attached hydrogen (secondary N) is 1. The minimum Gasteiger partial charge on any atom is -0.467 e. The fraction of sp³-hybridized carbons (Fsp3) is 0.750. The number of hydrogen-bond acceptors (Lipinski definition) is 3. The normalized spacial score (nSPS) is 32.3. The molecule has 0 radical (unpaired) electrons. The maximum Gasteiger partial charge on any atom is 0.331 e. The van der Waals surface area contributed by atoms with Crippen LogP contribution in [0.5, 0.6) is 0 Å². The van der Waals surface area contributed by atoms with Crippen molar-refractivity contribution in [1.29, 1.82) is 0 Å². The van der Waals surface area contributed by atoms with E-state index in [1.165, 1.54) is 7.11 Å². The summed E-state index contributed by atoms with van der Waals surface area (Å²) in [5.74, 6) is -0.0865. The lowest BCUT2D eigenvalue weighted by Gasteiger charge is -2.12. The number of ether oxygens (including phenoxy) is 1. The van der Waals surface area contributed by atoms with Crippen LogP contribution in [0.4, 0.5) is 0 Å². The molecule has 1 amide bonds. The van der Waals surface area contributed by atoms with E-state index in [4.69, 9.17) is 0 Å². The number of amides is 1. The molecule has 1 fully saturated rings. The van der Waals surface area contributed by atoms with Crippen LogP contribution in [0.25, 0.3) is 0 Å². The molecule has 0 aromatic heterocycles. The average molecular weight is 171 g/mol. The van der Waals surface area contributed by atoms with Crippen molar-refractivity contribution in [1.82, 2.24) is 5.32 Å². The van der Waals surface area contributed by atoms with E-state index in [-0.39, 0.29) is 11.9 Å². The summed E-state index contributed by atoms with van der Waals surface area (Å²) in [4.78, 5) is 21.4. The van der Waals surface area contributed by atoms with Crippen LogP contribution in [0.1, 0.15) is 19.8 Å². The van der Waals surface area contributed by atoms with E-state index in [0.717, 1.165) is 6.42 Å². The van der Waals surface area contributed by atoms with Gasteiger partial charge in [-0.3, -0.25) is 4.79 Å². The Morgan fingerprint density at radius 3 is 2.83 bits per heavy atom. The molecular weight excluding hydrogens is 158 g/mol. The van der Waals surface area contributed by atoms with Gasteiger partial charge in [-0.05, 0) is 12.3 Å². The minimum atomic E-state index is -0.703. The van der Waals surface area contributed by atoms with Gasteiger partial charge in [0.25, 0.3) is 0 Å². The highest BCUT2D eigenvalue weighted by Gasteiger charge is 2.60. The Bertz CT molecular complexity index is 204. The second kappa shape index (κ2) is 3.13. The first kappa shape index (κ1) is 9.03. The molecule has 1 saturated carbocycles. The predicted octanol–water partition coefficient (Wildman–Crippen LogP) is 0.0741. The molecule has 1 rings (SSSR count). The summed E-state index contributed by atoms with van der Waals surface area (Å²) in [6, 6.07) is 0. The number of carbonyl (C=O) groups is 2. The second-order valence-corrected chi connectivity index (χ2v) is 3.03. The lowest BCUT2D eigenvalue weighted by atomic mass is 10.2. The highest BCUT2D eigenvalue weighted by atomic mass is 16.5. The Morgan fingerprint density at radius 1 is 1.83 bits per heavy atom. The zero-order valence-corrected chi connectivity index (χ0v) is 7.29. The highest BCUT2D eigenvalue weighted by molar-refractivity contribution is 5.87. The smallest absolute Gasteiger partial charge is 0.331 e. The molecule has 4 nitrogen and oxygen atoms in total. The number of esters is 1. The van der Waals surface area contributed by atoms with E-state index in [9.17, 15) is 9.59 Å². The Hall–Kier alpha value is -1.06. The number of hydrogen-bond donors (Lipinski definition) is 1. The lowest BCUT2D eigenvalue weighted by molar-refractivity contribution is -0.145. The standard InChI is InChI=1S/C8H13NO3/c1-3-6-4-8(6,9-5-10)7(11)12-2/h5-6H,3-4H2,1-2H3,(H,9,10). The maximum absolute atomic E-state index is 11.2. The van der Waals surface area contributed by atoms with Gasteiger partial charge in [0.1, 0.15) is 5.54 Å². The van der Waals surface area contributed by atoms with E-state index in [1.54, 1.807) is 0 Å². The van der Waals surface area contributed by atoms with Crippen LogP contribution >= 0.6 is 0 Å². The van der Waals surface area contributed by atoms with Gasteiger partial charge < -0.3 is 10.1 Å². The lowest BCUT2D eigenvalue weighted by Crippen LogP contribution is -2.41. The number of methoxy groups -OCH3 is 1. The molecule has 0 saturated heterocycles. The van der Waals surface area contributed by atoms with Gasteiger partial charge in [-0.1, -0.05) is 13.3 Å². The molecule has 68 valence electrons. The van der Waals surface area contributed by atoms with Crippen LogP contribution < -0.4 is 5.32 Å². The van der Waals surface area contributed by atoms with Gasteiger partial charge in [-0.15, -0.1) is 0 Å². The molecular formula is C8H13NO3. The van der Waals surface area contributed by atoms with E-state index >= 15 is 0 Å². The summed E-state index contributed by atoms with van der Waals surface area (Å²) in [5.41, 5.74) is -0.703. The van der Waals surface area contributed by atoms with Crippen molar-refractivity contribution in [2.75, 3.05) is 7.11 Å². The van der Waals surface area contributed by atoms with Crippen LogP contribution in [0.2, 0.25) is 0 Å². The molecule has 0 aromatic carbocycles.